The number of halogens is 3. The van der Waals surface area contributed by atoms with E-state index < -0.39 is 32.2 Å². The van der Waals surface area contributed by atoms with Crippen molar-refractivity contribution in [1.82, 2.24) is 0 Å². The molecule has 0 saturated heterocycles. The SMILES string of the molecule is CCC(=O)CCCS(=O)(=O)c1ccccc1C(F)(F)F. The molecule has 0 saturated carbocycles. The van der Waals surface area contributed by atoms with Gasteiger partial charge in [0, 0.05) is 12.8 Å². The lowest BCUT2D eigenvalue weighted by Gasteiger charge is -2.12. The highest BCUT2D eigenvalue weighted by Gasteiger charge is 2.36. The zero-order chi connectivity index (χ0) is 15.4. The normalized spacial score (nSPS) is 12.4. The summed E-state index contributed by atoms with van der Waals surface area (Å²) in [5, 5.41) is 0. The maximum absolute atomic E-state index is 12.8. The number of carbonyl (C=O) groups excluding carboxylic acids is 1. The minimum absolute atomic E-state index is 0.0290. The monoisotopic (exact) mass is 308 g/mol. The largest absolute Gasteiger partial charge is 0.417 e. The second-order valence-electron chi connectivity index (χ2n) is 4.31. The Morgan fingerprint density at radius 3 is 2.35 bits per heavy atom. The van der Waals surface area contributed by atoms with Gasteiger partial charge in [-0.05, 0) is 18.6 Å². The highest BCUT2D eigenvalue weighted by atomic mass is 32.2. The number of hydrogen-bond acceptors (Lipinski definition) is 3. The van der Waals surface area contributed by atoms with E-state index in [1.165, 1.54) is 6.07 Å². The molecule has 0 N–H and O–H groups in total. The molecule has 0 unspecified atom stereocenters. The average molecular weight is 308 g/mol. The molecule has 1 aromatic rings. The van der Waals surface area contributed by atoms with Crippen molar-refractivity contribution in [1.29, 1.82) is 0 Å². The number of sulfone groups is 1. The highest BCUT2D eigenvalue weighted by molar-refractivity contribution is 7.91. The highest BCUT2D eigenvalue weighted by Crippen LogP contribution is 2.34. The lowest BCUT2D eigenvalue weighted by Crippen LogP contribution is -2.16. The fourth-order valence-electron chi connectivity index (χ4n) is 1.72. The molecule has 0 radical (unpaired) electrons. The molecule has 0 heterocycles. The van der Waals surface area contributed by atoms with E-state index in [9.17, 15) is 26.4 Å². The van der Waals surface area contributed by atoms with E-state index in [0.717, 1.165) is 18.2 Å². The molecule has 20 heavy (non-hydrogen) atoms. The summed E-state index contributed by atoms with van der Waals surface area (Å²) >= 11 is 0. The Morgan fingerprint density at radius 1 is 1.20 bits per heavy atom. The van der Waals surface area contributed by atoms with Crippen LogP contribution in [0.15, 0.2) is 29.2 Å². The molecule has 1 aromatic carbocycles. The Bertz CT molecular complexity index is 577. The van der Waals surface area contributed by atoms with Crippen molar-refractivity contribution in [3.63, 3.8) is 0 Å². The number of benzene rings is 1. The van der Waals surface area contributed by atoms with Crippen LogP contribution in [0.5, 0.6) is 0 Å². The third-order valence-electron chi connectivity index (χ3n) is 2.79. The van der Waals surface area contributed by atoms with Gasteiger partial charge in [-0.3, -0.25) is 4.79 Å². The van der Waals surface area contributed by atoms with Crippen molar-refractivity contribution in [2.45, 2.75) is 37.3 Å². The van der Waals surface area contributed by atoms with Crippen LogP contribution >= 0.6 is 0 Å². The van der Waals surface area contributed by atoms with Gasteiger partial charge in [-0.1, -0.05) is 19.1 Å². The van der Waals surface area contributed by atoms with Crippen LogP contribution in [0.25, 0.3) is 0 Å². The summed E-state index contributed by atoms with van der Waals surface area (Å²) in [6, 6.07) is 4.08. The Hall–Kier alpha value is -1.37. The van der Waals surface area contributed by atoms with Crippen molar-refractivity contribution in [3.8, 4) is 0 Å². The molecule has 1 rings (SSSR count). The van der Waals surface area contributed by atoms with E-state index in [1.54, 1.807) is 6.92 Å². The quantitative estimate of drug-likeness (QED) is 0.810. The molecule has 0 aliphatic carbocycles. The molecule has 0 aliphatic heterocycles. The van der Waals surface area contributed by atoms with Gasteiger partial charge in [0.2, 0.25) is 0 Å². The Kier molecular flexibility index (Phi) is 5.33. The van der Waals surface area contributed by atoms with Crippen LogP contribution in [0.4, 0.5) is 13.2 Å². The first-order chi connectivity index (χ1) is 9.18. The molecule has 0 aromatic heterocycles. The van der Waals surface area contributed by atoms with Crippen LogP contribution in [0, 0.1) is 0 Å². The molecule has 3 nitrogen and oxygen atoms in total. The third kappa shape index (κ3) is 4.33. The van der Waals surface area contributed by atoms with Gasteiger partial charge in [0.1, 0.15) is 5.78 Å². The third-order valence-corrected chi connectivity index (χ3v) is 4.64. The van der Waals surface area contributed by atoms with Crippen LogP contribution in [0.2, 0.25) is 0 Å². The van der Waals surface area contributed by atoms with Gasteiger partial charge in [0.05, 0.1) is 16.2 Å². The van der Waals surface area contributed by atoms with E-state index in [2.05, 4.69) is 0 Å². The van der Waals surface area contributed by atoms with Gasteiger partial charge in [0.25, 0.3) is 0 Å². The van der Waals surface area contributed by atoms with Crippen molar-refractivity contribution in [2.75, 3.05) is 5.75 Å². The van der Waals surface area contributed by atoms with Crippen molar-refractivity contribution in [3.05, 3.63) is 29.8 Å². The molecule has 112 valence electrons. The summed E-state index contributed by atoms with van der Waals surface area (Å²) in [5.74, 6) is -0.574. The van der Waals surface area contributed by atoms with Crippen molar-refractivity contribution >= 4 is 15.6 Å². The fourth-order valence-corrected chi connectivity index (χ4v) is 3.27. The average Bonchev–Trinajstić information content (AvgIpc) is 2.37. The van der Waals surface area contributed by atoms with E-state index in [-0.39, 0.29) is 18.6 Å². The topological polar surface area (TPSA) is 51.2 Å². The standard InChI is InChI=1S/C13H15F3O3S/c1-2-10(17)6-5-9-20(18,19)12-8-4-3-7-11(12)13(14,15)16/h3-4,7-8H,2,5-6,9H2,1H3. The maximum Gasteiger partial charge on any atom is 0.417 e. The number of alkyl halides is 3. The van der Waals surface area contributed by atoms with Gasteiger partial charge in [0.15, 0.2) is 9.84 Å². The second kappa shape index (κ2) is 6.39. The summed E-state index contributed by atoms with van der Waals surface area (Å²) < 4.78 is 62.2. The molecule has 0 spiro atoms. The van der Waals surface area contributed by atoms with E-state index in [0.29, 0.717) is 6.42 Å². The Labute approximate surface area is 115 Å². The zero-order valence-corrected chi connectivity index (χ0v) is 11.7. The summed E-state index contributed by atoms with van der Waals surface area (Å²) in [7, 11) is -4.05. The Morgan fingerprint density at radius 2 is 1.80 bits per heavy atom. The number of ketones is 1. The lowest BCUT2D eigenvalue weighted by atomic mass is 10.2. The first kappa shape index (κ1) is 16.7. The summed E-state index contributed by atoms with van der Waals surface area (Å²) in [4.78, 5) is 10.4. The van der Waals surface area contributed by atoms with Crippen LogP contribution < -0.4 is 0 Å². The van der Waals surface area contributed by atoms with Crippen molar-refractivity contribution in [2.24, 2.45) is 0 Å². The van der Waals surface area contributed by atoms with Gasteiger partial charge in [-0.15, -0.1) is 0 Å². The van der Waals surface area contributed by atoms with E-state index >= 15 is 0 Å². The smallest absolute Gasteiger partial charge is 0.300 e. The molecule has 0 fully saturated rings. The van der Waals surface area contributed by atoms with Gasteiger partial charge in [-0.25, -0.2) is 8.42 Å². The number of hydrogen-bond donors (Lipinski definition) is 0. The van der Waals surface area contributed by atoms with E-state index in [1.807, 2.05) is 0 Å². The minimum atomic E-state index is -4.72. The first-order valence-electron chi connectivity index (χ1n) is 6.09. The minimum Gasteiger partial charge on any atom is -0.300 e. The summed E-state index contributed by atoms with van der Waals surface area (Å²) in [6.45, 7) is 1.65. The molecular weight excluding hydrogens is 293 g/mol. The fraction of sp³-hybridized carbons (Fsp3) is 0.462. The van der Waals surface area contributed by atoms with Gasteiger partial charge in [-0.2, -0.15) is 13.2 Å². The zero-order valence-electron chi connectivity index (χ0n) is 10.9. The molecule has 7 heteroatoms. The second-order valence-corrected chi connectivity index (χ2v) is 6.39. The van der Waals surface area contributed by atoms with Crippen LogP contribution in [0.1, 0.15) is 31.7 Å². The number of rotatable bonds is 6. The van der Waals surface area contributed by atoms with Gasteiger partial charge < -0.3 is 0 Å². The van der Waals surface area contributed by atoms with Crippen molar-refractivity contribution < 1.29 is 26.4 Å². The van der Waals surface area contributed by atoms with Crippen LogP contribution in [0.3, 0.4) is 0 Å². The molecular formula is C13H15F3O3S. The molecule has 0 atom stereocenters. The lowest BCUT2D eigenvalue weighted by molar-refractivity contribution is -0.139. The first-order valence-corrected chi connectivity index (χ1v) is 7.74. The summed E-state index contributed by atoms with van der Waals surface area (Å²) in [6.07, 6.45) is -4.34. The van der Waals surface area contributed by atoms with Crippen LogP contribution in [-0.2, 0) is 20.8 Å². The Balaban J connectivity index is 2.96. The predicted molar refractivity (Wildman–Crippen MR) is 68.0 cm³/mol. The summed E-state index contributed by atoms with van der Waals surface area (Å²) in [5.41, 5.74) is -1.16. The number of Topliss-reactive ketones (excluding diaryl/α,β-unsaturated/α-hetero) is 1. The molecule has 0 amide bonds. The number of carbonyl (C=O) groups is 1. The maximum atomic E-state index is 12.8. The van der Waals surface area contributed by atoms with Crippen LogP contribution in [-0.4, -0.2) is 20.0 Å². The molecule has 0 bridgehead atoms. The predicted octanol–water partition coefficient (Wildman–Crippen LogP) is 3.24. The molecule has 0 aliphatic rings. The van der Waals surface area contributed by atoms with Gasteiger partial charge >= 0.3 is 6.18 Å². The van der Waals surface area contributed by atoms with E-state index in [4.69, 9.17) is 0 Å².